The van der Waals surface area contributed by atoms with Crippen molar-refractivity contribution < 1.29 is 0 Å². The van der Waals surface area contributed by atoms with Crippen molar-refractivity contribution >= 4 is 0 Å². The van der Waals surface area contributed by atoms with E-state index in [2.05, 4.69) is 30.5 Å². The SMILES string of the molecule is CC1(CCN)C=C=C=CCCCCCCCC1. The van der Waals surface area contributed by atoms with Crippen molar-refractivity contribution in [3.8, 4) is 0 Å². The smallest absolute Gasteiger partial charge is 0.00524 e. The van der Waals surface area contributed by atoms with Gasteiger partial charge in [-0.3, -0.25) is 0 Å². The van der Waals surface area contributed by atoms with Crippen LogP contribution in [-0.4, -0.2) is 6.54 Å². The minimum absolute atomic E-state index is 0.226. The standard InChI is InChI=1S/C16H27N/c1-16(14-15-17)12-10-8-6-4-2-3-5-7-9-11-13-16/h6,12H,2-5,7,9,11,13-15,17H2,1H3. The fourth-order valence-corrected chi connectivity index (χ4v) is 2.43. The molecule has 0 aromatic rings. The highest BCUT2D eigenvalue weighted by molar-refractivity contribution is 4.98. The third-order valence-electron chi connectivity index (χ3n) is 3.67. The van der Waals surface area contributed by atoms with E-state index in [0.29, 0.717) is 0 Å². The molecule has 1 atom stereocenters. The highest BCUT2D eigenvalue weighted by Gasteiger charge is 2.19. The minimum Gasteiger partial charge on any atom is -0.330 e. The summed E-state index contributed by atoms with van der Waals surface area (Å²) in [6.07, 6.45) is 15.9. The zero-order valence-electron chi connectivity index (χ0n) is 11.3. The van der Waals surface area contributed by atoms with Crippen molar-refractivity contribution in [1.82, 2.24) is 0 Å². The summed E-state index contributed by atoms with van der Waals surface area (Å²) in [5.74, 6) is 0. The molecule has 0 saturated heterocycles. The van der Waals surface area contributed by atoms with E-state index in [1.807, 2.05) is 0 Å². The second-order valence-electron chi connectivity index (χ2n) is 5.49. The molecule has 0 radical (unpaired) electrons. The summed E-state index contributed by atoms with van der Waals surface area (Å²) in [7, 11) is 0. The Bertz CT molecular complexity index is 293. The molecule has 0 aliphatic heterocycles. The second kappa shape index (κ2) is 8.37. The van der Waals surface area contributed by atoms with Crippen LogP contribution in [0.4, 0.5) is 0 Å². The van der Waals surface area contributed by atoms with Crippen LogP contribution in [0, 0.1) is 5.41 Å². The van der Waals surface area contributed by atoms with E-state index in [1.54, 1.807) is 0 Å². The van der Waals surface area contributed by atoms with E-state index in [0.717, 1.165) is 19.4 Å². The van der Waals surface area contributed by atoms with Crippen LogP contribution in [0.2, 0.25) is 0 Å². The maximum Gasteiger partial charge on any atom is -0.00524 e. The Labute approximate surface area is 106 Å². The van der Waals surface area contributed by atoms with Gasteiger partial charge in [-0.2, -0.15) is 0 Å². The van der Waals surface area contributed by atoms with Crippen LogP contribution in [0.3, 0.4) is 0 Å². The molecule has 1 aliphatic rings. The van der Waals surface area contributed by atoms with Gasteiger partial charge in [-0.05, 0) is 49.8 Å². The van der Waals surface area contributed by atoms with E-state index in [9.17, 15) is 0 Å². The molecule has 0 aromatic heterocycles. The molecule has 0 amide bonds. The Morgan fingerprint density at radius 1 is 1.06 bits per heavy atom. The molecular formula is C16H27N. The zero-order chi connectivity index (χ0) is 12.4. The maximum atomic E-state index is 5.71. The van der Waals surface area contributed by atoms with Gasteiger partial charge >= 0.3 is 0 Å². The van der Waals surface area contributed by atoms with Crippen molar-refractivity contribution in [2.24, 2.45) is 11.1 Å². The average Bonchev–Trinajstić information content (AvgIpc) is 2.32. The van der Waals surface area contributed by atoms with Crippen molar-refractivity contribution in [3.63, 3.8) is 0 Å². The van der Waals surface area contributed by atoms with Crippen LogP contribution in [0.1, 0.15) is 64.7 Å². The van der Waals surface area contributed by atoms with E-state index in [4.69, 9.17) is 5.73 Å². The number of hydrogen-bond donors (Lipinski definition) is 1. The quantitative estimate of drug-likeness (QED) is 0.705. The van der Waals surface area contributed by atoms with Gasteiger partial charge in [0, 0.05) is 0 Å². The zero-order valence-corrected chi connectivity index (χ0v) is 11.3. The molecule has 0 bridgehead atoms. The van der Waals surface area contributed by atoms with Crippen LogP contribution in [0.15, 0.2) is 23.6 Å². The van der Waals surface area contributed by atoms with Crippen LogP contribution in [0.25, 0.3) is 0 Å². The first-order valence-corrected chi connectivity index (χ1v) is 7.14. The topological polar surface area (TPSA) is 26.0 Å². The summed E-state index contributed by atoms with van der Waals surface area (Å²) >= 11 is 0. The third kappa shape index (κ3) is 6.54. The first kappa shape index (κ1) is 14.3. The Morgan fingerprint density at radius 3 is 2.53 bits per heavy atom. The van der Waals surface area contributed by atoms with Gasteiger partial charge in [0.2, 0.25) is 0 Å². The van der Waals surface area contributed by atoms with Crippen molar-refractivity contribution in [2.75, 3.05) is 6.54 Å². The van der Waals surface area contributed by atoms with E-state index in [-0.39, 0.29) is 5.41 Å². The maximum absolute atomic E-state index is 5.71. The largest absolute Gasteiger partial charge is 0.330 e. The third-order valence-corrected chi connectivity index (χ3v) is 3.67. The molecule has 2 N–H and O–H groups in total. The molecule has 1 nitrogen and oxygen atoms in total. The second-order valence-corrected chi connectivity index (χ2v) is 5.49. The number of hydrogen-bond acceptors (Lipinski definition) is 1. The summed E-state index contributed by atoms with van der Waals surface area (Å²) in [6, 6.07) is 0. The fourth-order valence-electron chi connectivity index (χ4n) is 2.43. The highest BCUT2D eigenvalue weighted by atomic mass is 14.5. The van der Waals surface area contributed by atoms with E-state index < -0.39 is 0 Å². The van der Waals surface area contributed by atoms with Crippen LogP contribution >= 0.6 is 0 Å². The highest BCUT2D eigenvalue weighted by Crippen LogP contribution is 2.29. The predicted molar refractivity (Wildman–Crippen MR) is 74.9 cm³/mol. The molecule has 1 aliphatic carbocycles. The first-order chi connectivity index (χ1) is 8.27. The molecule has 1 unspecified atom stereocenters. The summed E-state index contributed by atoms with van der Waals surface area (Å²) in [6.45, 7) is 3.06. The van der Waals surface area contributed by atoms with Gasteiger partial charge in [-0.1, -0.05) is 50.5 Å². The Morgan fingerprint density at radius 2 is 1.76 bits per heavy atom. The lowest BCUT2D eigenvalue weighted by atomic mass is 9.81. The van der Waals surface area contributed by atoms with Crippen LogP contribution < -0.4 is 5.73 Å². The number of nitrogens with two attached hydrogens (primary N) is 1. The monoisotopic (exact) mass is 233 g/mol. The molecule has 17 heavy (non-hydrogen) atoms. The Hall–Kier alpha value is -0.740. The molecule has 1 rings (SSSR count). The van der Waals surface area contributed by atoms with Gasteiger partial charge in [0.1, 0.15) is 0 Å². The molecule has 0 aromatic carbocycles. The molecule has 96 valence electrons. The van der Waals surface area contributed by atoms with Gasteiger partial charge in [0.25, 0.3) is 0 Å². The Balaban J connectivity index is 2.67. The predicted octanol–water partition coefficient (Wildman–Crippen LogP) is 4.34. The molecule has 0 heterocycles. The lowest BCUT2D eigenvalue weighted by Crippen LogP contribution is -2.18. The first-order valence-electron chi connectivity index (χ1n) is 7.14. The van der Waals surface area contributed by atoms with Gasteiger partial charge < -0.3 is 5.73 Å². The van der Waals surface area contributed by atoms with Crippen molar-refractivity contribution in [3.05, 3.63) is 23.6 Å². The van der Waals surface area contributed by atoms with Gasteiger partial charge in [0.15, 0.2) is 0 Å². The van der Waals surface area contributed by atoms with E-state index in [1.165, 1.54) is 44.9 Å². The van der Waals surface area contributed by atoms with Crippen molar-refractivity contribution in [1.29, 1.82) is 0 Å². The molecular weight excluding hydrogens is 206 g/mol. The molecule has 0 fully saturated rings. The van der Waals surface area contributed by atoms with Gasteiger partial charge in [-0.25, -0.2) is 0 Å². The van der Waals surface area contributed by atoms with Gasteiger partial charge in [0.05, 0.1) is 0 Å². The van der Waals surface area contributed by atoms with E-state index >= 15 is 0 Å². The van der Waals surface area contributed by atoms with Gasteiger partial charge in [-0.15, -0.1) is 0 Å². The van der Waals surface area contributed by atoms with Crippen LogP contribution in [0.5, 0.6) is 0 Å². The number of rotatable bonds is 2. The van der Waals surface area contributed by atoms with Crippen molar-refractivity contribution in [2.45, 2.75) is 64.7 Å². The minimum atomic E-state index is 0.226. The summed E-state index contributed by atoms with van der Waals surface area (Å²) in [5, 5.41) is 0. The average molecular weight is 233 g/mol. The molecule has 0 saturated carbocycles. The Kier molecular flexibility index (Phi) is 7.05. The fraction of sp³-hybridized carbons (Fsp3) is 0.750. The lowest BCUT2D eigenvalue weighted by molar-refractivity contribution is 0.348. The lowest BCUT2D eigenvalue weighted by Gasteiger charge is -2.24. The summed E-state index contributed by atoms with van der Waals surface area (Å²) in [4.78, 5) is 0. The summed E-state index contributed by atoms with van der Waals surface area (Å²) < 4.78 is 0. The molecule has 0 spiro atoms. The normalized spacial score (nSPS) is 27.2. The number of allylic oxidation sites excluding steroid dienone is 2. The summed E-state index contributed by atoms with van der Waals surface area (Å²) in [5.41, 5.74) is 12.3. The van der Waals surface area contributed by atoms with Crippen LogP contribution in [-0.2, 0) is 0 Å². The molecule has 1 heteroatoms.